The number of halogens is 1. The maximum atomic E-state index is 13.1. The lowest BCUT2D eigenvalue weighted by molar-refractivity contribution is -0.121. The van der Waals surface area contributed by atoms with Gasteiger partial charge in [0.2, 0.25) is 5.91 Å². The van der Waals surface area contributed by atoms with Gasteiger partial charge in [0, 0.05) is 33.1 Å². The van der Waals surface area contributed by atoms with E-state index < -0.39 is 0 Å². The summed E-state index contributed by atoms with van der Waals surface area (Å²) in [6.07, 6.45) is 0.341. The monoisotopic (exact) mass is 342 g/mol. The molecule has 0 saturated carbocycles. The summed E-state index contributed by atoms with van der Waals surface area (Å²) in [5.74, 6) is 0.273. The predicted octanol–water partition coefficient (Wildman–Crippen LogP) is 2.20. The molecule has 0 aromatic heterocycles. The van der Waals surface area contributed by atoms with Crippen LogP contribution in [0, 0.1) is 5.82 Å². The first-order valence-electron chi connectivity index (χ1n) is 8.17. The number of benzene rings is 2. The molecule has 0 radical (unpaired) electrons. The van der Waals surface area contributed by atoms with Crippen LogP contribution in [-0.2, 0) is 17.9 Å². The second-order valence-corrected chi connectivity index (χ2v) is 5.49. The Bertz CT molecular complexity index is 704. The van der Waals surface area contributed by atoms with Crippen LogP contribution in [0.2, 0.25) is 0 Å². The Kier molecular flexibility index (Phi) is 7.43. The minimum atomic E-state index is -0.266. The fourth-order valence-corrected chi connectivity index (χ4v) is 2.23. The zero-order valence-electron chi connectivity index (χ0n) is 14.3. The average molecular weight is 342 g/mol. The molecule has 0 fully saturated rings. The third-order valence-corrected chi connectivity index (χ3v) is 3.55. The number of rotatable bonds is 7. The fourth-order valence-electron chi connectivity index (χ4n) is 2.23. The lowest BCUT2D eigenvalue weighted by Gasteiger charge is -2.12. The molecule has 3 N–H and O–H groups in total. The van der Waals surface area contributed by atoms with Crippen LogP contribution in [0.5, 0.6) is 0 Å². The van der Waals surface area contributed by atoms with E-state index in [0.29, 0.717) is 32.0 Å². The summed E-state index contributed by atoms with van der Waals surface area (Å²) >= 11 is 0. The van der Waals surface area contributed by atoms with Crippen LogP contribution < -0.4 is 16.0 Å². The third-order valence-electron chi connectivity index (χ3n) is 3.55. The van der Waals surface area contributed by atoms with E-state index in [0.717, 1.165) is 11.1 Å². The van der Waals surface area contributed by atoms with Gasteiger partial charge in [0.15, 0.2) is 5.96 Å². The number of hydrogen-bond acceptors (Lipinski definition) is 2. The van der Waals surface area contributed by atoms with Gasteiger partial charge in [0.1, 0.15) is 5.82 Å². The second-order valence-electron chi connectivity index (χ2n) is 5.49. The van der Waals surface area contributed by atoms with E-state index >= 15 is 0 Å². The maximum Gasteiger partial charge on any atom is 0.222 e. The van der Waals surface area contributed by atoms with Crippen molar-refractivity contribution < 1.29 is 9.18 Å². The number of nitrogens with zero attached hydrogens (tertiary/aromatic N) is 1. The standard InChI is InChI=1S/C19H23FN4O/c1-21-19(24-14-16-8-5-9-17(20)12-16)22-11-10-18(25)23-13-15-6-3-2-4-7-15/h2-9,12H,10-11,13-14H2,1H3,(H,23,25)(H2,21,22,24). The van der Waals surface area contributed by atoms with E-state index in [1.165, 1.54) is 12.1 Å². The summed E-state index contributed by atoms with van der Waals surface area (Å²) in [5, 5.41) is 9.03. The minimum absolute atomic E-state index is 0.0306. The summed E-state index contributed by atoms with van der Waals surface area (Å²) in [7, 11) is 1.65. The molecule has 0 bridgehead atoms. The molecule has 0 aliphatic heterocycles. The lowest BCUT2D eigenvalue weighted by Crippen LogP contribution is -2.38. The van der Waals surface area contributed by atoms with Crippen LogP contribution in [0.1, 0.15) is 17.5 Å². The molecule has 132 valence electrons. The largest absolute Gasteiger partial charge is 0.356 e. The van der Waals surface area contributed by atoms with E-state index in [4.69, 9.17) is 0 Å². The Hall–Kier alpha value is -2.89. The van der Waals surface area contributed by atoms with Gasteiger partial charge < -0.3 is 16.0 Å². The van der Waals surface area contributed by atoms with E-state index in [1.807, 2.05) is 36.4 Å². The first kappa shape index (κ1) is 18.4. The highest BCUT2D eigenvalue weighted by Gasteiger charge is 2.03. The maximum absolute atomic E-state index is 13.1. The molecule has 6 heteroatoms. The molecular weight excluding hydrogens is 319 g/mol. The molecule has 0 saturated heterocycles. The second kappa shape index (κ2) is 10.1. The van der Waals surface area contributed by atoms with Gasteiger partial charge in [0.25, 0.3) is 0 Å². The van der Waals surface area contributed by atoms with Crippen molar-refractivity contribution in [2.75, 3.05) is 13.6 Å². The summed E-state index contributed by atoms with van der Waals surface area (Å²) in [6, 6.07) is 16.1. The molecule has 2 rings (SSSR count). The summed E-state index contributed by atoms with van der Waals surface area (Å²) in [4.78, 5) is 15.9. The van der Waals surface area contributed by atoms with Crippen molar-refractivity contribution in [1.82, 2.24) is 16.0 Å². The van der Waals surface area contributed by atoms with Crippen molar-refractivity contribution in [2.24, 2.45) is 4.99 Å². The Morgan fingerprint density at radius 3 is 2.40 bits per heavy atom. The van der Waals surface area contributed by atoms with E-state index in [2.05, 4.69) is 20.9 Å². The Morgan fingerprint density at radius 1 is 0.960 bits per heavy atom. The van der Waals surface area contributed by atoms with Crippen molar-refractivity contribution >= 4 is 11.9 Å². The Morgan fingerprint density at radius 2 is 1.68 bits per heavy atom. The summed E-state index contributed by atoms with van der Waals surface area (Å²) < 4.78 is 13.1. The third kappa shape index (κ3) is 7.03. The van der Waals surface area contributed by atoms with Gasteiger partial charge in [-0.1, -0.05) is 42.5 Å². The number of hydrogen-bond donors (Lipinski definition) is 3. The van der Waals surface area contributed by atoms with Crippen LogP contribution in [0.4, 0.5) is 4.39 Å². The van der Waals surface area contributed by atoms with Crippen molar-refractivity contribution in [2.45, 2.75) is 19.5 Å². The number of guanidine groups is 1. The molecule has 2 aromatic rings. The number of aliphatic imine (C=N–C) groups is 1. The van der Waals surface area contributed by atoms with Gasteiger partial charge >= 0.3 is 0 Å². The van der Waals surface area contributed by atoms with Crippen molar-refractivity contribution in [3.8, 4) is 0 Å². The van der Waals surface area contributed by atoms with Crippen molar-refractivity contribution in [1.29, 1.82) is 0 Å². The fraction of sp³-hybridized carbons (Fsp3) is 0.263. The van der Waals surface area contributed by atoms with Crippen molar-refractivity contribution in [3.63, 3.8) is 0 Å². The average Bonchev–Trinajstić information content (AvgIpc) is 2.63. The Balaban J connectivity index is 1.65. The summed E-state index contributed by atoms with van der Waals surface area (Å²) in [5.41, 5.74) is 1.89. The molecule has 0 heterocycles. The van der Waals surface area contributed by atoms with Crippen LogP contribution in [0.25, 0.3) is 0 Å². The lowest BCUT2D eigenvalue weighted by atomic mass is 10.2. The van der Waals surface area contributed by atoms with Gasteiger partial charge in [-0.3, -0.25) is 9.79 Å². The number of carbonyl (C=O) groups excluding carboxylic acids is 1. The number of nitrogens with one attached hydrogen (secondary N) is 3. The molecule has 0 atom stereocenters. The first-order valence-corrected chi connectivity index (χ1v) is 8.17. The molecule has 0 aliphatic rings. The van der Waals surface area contributed by atoms with Crippen LogP contribution >= 0.6 is 0 Å². The van der Waals surface area contributed by atoms with Gasteiger partial charge in [-0.15, -0.1) is 0 Å². The SMILES string of the molecule is CN=C(NCCC(=O)NCc1ccccc1)NCc1cccc(F)c1. The highest BCUT2D eigenvalue weighted by Crippen LogP contribution is 2.02. The van der Waals surface area contributed by atoms with Gasteiger partial charge in [-0.25, -0.2) is 4.39 Å². The molecular formula is C19H23FN4O. The Labute approximate surface area is 147 Å². The highest BCUT2D eigenvalue weighted by atomic mass is 19.1. The van der Waals surface area contributed by atoms with Crippen LogP contribution in [-0.4, -0.2) is 25.5 Å². The zero-order chi connectivity index (χ0) is 17.9. The highest BCUT2D eigenvalue weighted by molar-refractivity contribution is 5.81. The van der Waals surface area contributed by atoms with Crippen molar-refractivity contribution in [3.05, 3.63) is 71.5 Å². The topological polar surface area (TPSA) is 65.5 Å². The quantitative estimate of drug-likeness (QED) is 0.534. The normalized spacial score (nSPS) is 11.0. The number of carbonyl (C=O) groups is 1. The van der Waals surface area contributed by atoms with Crippen LogP contribution in [0.15, 0.2) is 59.6 Å². The van der Waals surface area contributed by atoms with Gasteiger partial charge in [-0.05, 0) is 23.3 Å². The first-order chi connectivity index (χ1) is 12.2. The summed E-state index contributed by atoms with van der Waals surface area (Å²) in [6.45, 7) is 1.44. The van der Waals surface area contributed by atoms with E-state index in [1.54, 1.807) is 13.1 Å². The van der Waals surface area contributed by atoms with Gasteiger partial charge in [-0.2, -0.15) is 0 Å². The molecule has 0 spiro atoms. The molecule has 5 nitrogen and oxygen atoms in total. The van der Waals surface area contributed by atoms with E-state index in [9.17, 15) is 9.18 Å². The minimum Gasteiger partial charge on any atom is -0.356 e. The molecule has 1 amide bonds. The zero-order valence-corrected chi connectivity index (χ0v) is 14.3. The van der Waals surface area contributed by atoms with Gasteiger partial charge in [0.05, 0.1) is 0 Å². The van der Waals surface area contributed by atoms with E-state index in [-0.39, 0.29) is 11.7 Å². The number of amides is 1. The molecule has 0 aliphatic carbocycles. The smallest absolute Gasteiger partial charge is 0.222 e. The predicted molar refractivity (Wildman–Crippen MR) is 97.5 cm³/mol. The molecule has 0 unspecified atom stereocenters. The van der Waals surface area contributed by atoms with Crippen LogP contribution in [0.3, 0.4) is 0 Å². The molecule has 2 aromatic carbocycles. The molecule has 25 heavy (non-hydrogen) atoms.